The van der Waals surface area contributed by atoms with Crippen LogP contribution in [0.2, 0.25) is 0 Å². The van der Waals surface area contributed by atoms with Crippen molar-refractivity contribution >= 4 is 25.6 Å². The van der Waals surface area contributed by atoms with Crippen LogP contribution in [-0.4, -0.2) is 73.2 Å². The molecule has 0 saturated heterocycles. The Morgan fingerprint density at radius 1 is 0.753 bits per heavy atom. The number of allylic oxidation sites excluding steroid dienone is 1. The lowest BCUT2D eigenvalue weighted by Gasteiger charge is -2.42. The molecule has 9 heteroatoms. The van der Waals surface area contributed by atoms with Gasteiger partial charge in [0.15, 0.2) is 12.3 Å². The summed E-state index contributed by atoms with van der Waals surface area (Å²) in [6.07, 6.45) is 11.1. The SMILES string of the molecule is Cc1ccc(C(OCCCCc2ccc3c(c2)C(C)(C)C2=[N+]3CCC3OC4CCN5C(=C4C=C23)C(C)(C)c2cc(CCCCOP(OCCC#N)N(C)C(C)C)ccc25)(c2ccccc2)c2ccccc2)cc1. The van der Waals surface area contributed by atoms with Crippen LogP contribution >= 0.6 is 8.53 Å². The van der Waals surface area contributed by atoms with Gasteiger partial charge in [0, 0.05) is 65.2 Å². The van der Waals surface area contributed by atoms with Crippen molar-refractivity contribution in [2.24, 2.45) is 0 Å². The summed E-state index contributed by atoms with van der Waals surface area (Å²) in [4.78, 5) is 2.61. The van der Waals surface area contributed by atoms with Crippen LogP contribution in [-0.2, 0) is 47.8 Å². The Morgan fingerprint density at radius 2 is 1.38 bits per heavy atom. The van der Waals surface area contributed by atoms with Gasteiger partial charge in [0.05, 0.1) is 43.3 Å². The Kier molecular flexibility index (Phi) is 15.1. The fraction of sp³-hybridized carbons (Fsp3) is 0.438. The van der Waals surface area contributed by atoms with Crippen molar-refractivity contribution in [3.8, 4) is 6.07 Å². The average molecular weight is 996 g/mol. The highest BCUT2D eigenvalue weighted by Gasteiger charge is 2.54. The highest BCUT2D eigenvalue weighted by molar-refractivity contribution is 7.44. The zero-order chi connectivity index (χ0) is 50.9. The molecule has 380 valence electrons. The second-order valence-corrected chi connectivity index (χ2v) is 23.8. The third kappa shape index (κ3) is 9.83. The number of nitriles is 1. The molecule has 0 N–H and O–H groups in total. The molecule has 0 amide bonds. The highest BCUT2D eigenvalue weighted by atomic mass is 31.2. The molecule has 10 rings (SSSR count). The molecule has 5 aromatic carbocycles. The first-order chi connectivity index (χ1) is 35.3. The minimum Gasteiger partial charge on any atom is -0.365 e. The largest absolute Gasteiger partial charge is 0.365 e. The van der Waals surface area contributed by atoms with E-state index in [4.69, 9.17) is 23.8 Å². The Balaban J connectivity index is 0.830. The van der Waals surface area contributed by atoms with Gasteiger partial charge in [-0.1, -0.05) is 123 Å². The third-order valence-corrected chi connectivity index (χ3v) is 18.1. The van der Waals surface area contributed by atoms with Gasteiger partial charge in [0.2, 0.25) is 5.69 Å². The number of hydrogen-bond acceptors (Lipinski definition) is 7. The summed E-state index contributed by atoms with van der Waals surface area (Å²) in [6, 6.07) is 47.3. The number of nitrogens with zero attached hydrogens (tertiary/aromatic N) is 4. The summed E-state index contributed by atoms with van der Waals surface area (Å²) >= 11 is 0. The van der Waals surface area contributed by atoms with Crippen molar-refractivity contribution < 1.29 is 23.1 Å². The maximum Gasteiger partial charge on any atom is 0.258 e. The number of anilines is 1. The van der Waals surface area contributed by atoms with E-state index in [1.54, 1.807) is 0 Å². The van der Waals surface area contributed by atoms with Gasteiger partial charge in [0.25, 0.3) is 8.53 Å². The number of benzene rings is 5. The molecule has 8 nitrogen and oxygen atoms in total. The predicted molar refractivity (Wildman–Crippen MR) is 297 cm³/mol. The molecule has 0 aromatic heterocycles. The Morgan fingerprint density at radius 3 is 2.05 bits per heavy atom. The minimum absolute atomic E-state index is 0.105. The molecule has 0 bridgehead atoms. The first kappa shape index (κ1) is 51.3. The van der Waals surface area contributed by atoms with Gasteiger partial charge in [-0.2, -0.15) is 9.84 Å². The normalized spacial score (nSPS) is 19.7. The van der Waals surface area contributed by atoms with Gasteiger partial charge in [0.1, 0.15) is 5.60 Å². The molecule has 5 aromatic rings. The van der Waals surface area contributed by atoms with Gasteiger partial charge >= 0.3 is 0 Å². The fourth-order valence-corrected chi connectivity index (χ4v) is 13.7. The van der Waals surface area contributed by atoms with Crippen molar-refractivity contribution in [2.45, 2.75) is 141 Å². The van der Waals surface area contributed by atoms with Gasteiger partial charge in [-0.15, -0.1) is 0 Å². The van der Waals surface area contributed by atoms with E-state index >= 15 is 0 Å². The zero-order valence-corrected chi connectivity index (χ0v) is 45.5. The van der Waals surface area contributed by atoms with Crippen LogP contribution in [0, 0.1) is 18.3 Å². The van der Waals surface area contributed by atoms with Crippen molar-refractivity contribution in [2.75, 3.05) is 44.9 Å². The Bertz CT molecular complexity index is 2880. The molecule has 0 fully saturated rings. The Labute approximate surface area is 437 Å². The average Bonchev–Trinajstić information content (AvgIpc) is 3.78. The van der Waals surface area contributed by atoms with E-state index < -0.39 is 14.1 Å². The number of fused-ring (bicyclic) bond motifs is 8. The molecule has 5 heterocycles. The van der Waals surface area contributed by atoms with Crippen LogP contribution in [0.15, 0.2) is 144 Å². The summed E-state index contributed by atoms with van der Waals surface area (Å²) in [7, 11) is 0.862. The summed E-state index contributed by atoms with van der Waals surface area (Å²) < 4.78 is 31.4. The van der Waals surface area contributed by atoms with Crippen LogP contribution in [0.1, 0.15) is 131 Å². The third-order valence-electron chi connectivity index (χ3n) is 16.4. The summed E-state index contributed by atoms with van der Waals surface area (Å²) in [5.74, 6) is 0. The van der Waals surface area contributed by atoms with Crippen LogP contribution in [0.4, 0.5) is 11.4 Å². The summed E-state index contributed by atoms with van der Waals surface area (Å²) in [5.41, 5.74) is 17.5. The van der Waals surface area contributed by atoms with E-state index in [9.17, 15) is 0 Å². The van der Waals surface area contributed by atoms with E-state index in [1.165, 1.54) is 61.7 Å². The monoisotopic (exact) mass is 996 g/mol. The van der Waals surface area contributed by atoms with Crippen LogP contribution in [0.25, 0.3) is 0 Å². The van der Waals surface area contributed by atoms with E-state index in [2.05, 4.69) is 196 Å². The smallest absolute Gasteiger partial charge is 0.258 e. The first-order valence-electron chi connectivity index (χ1n) is 27.1. The molecular formula is C64H76N4O4P+. The van der Waals surface area contributed by atoms with E-state index in [0.29, 0.717) is 32.3 Å². The lowest BCUT2D eigenvalue weighted by atomic mass is 9.73. The molecule has 0 radical (unpaired) electrons. The van der Waals surface area contributed by atoms with Gasteiger partial charge in [-0.05, 0) is 138 Å². The highest BCUT2D eigenvalue weighted by Crippen LogP contribution is 2.55. The molecule has 0 spiro atoms. The molecular weight excluding hydrogens is 920 g/mol. The van der Waals surface area contributed by atoms with Crippen molar-refractivity contribution in [3.63, 3.8) is 0 Å². The number of ether oxygens (including phenoxy) is 2. The summed E-state index contributed by atoms with van der Waals surface area (Å²) in [6.45, 7) is 19.8. The van der Waals surface area contributed by atoms with Crippen LogP contribution in [0.5, 0.6) is 0 Å². The summed E-state index contributed by atoms with van der Waals surface area (Å²) in [5, 5.41) is 9.02. The van der Waals surface area contributed by atoms with Gasteiger partial charge in [-0.25, -0.2) is 4.67 Å². The maximum atomic E-state index is 9.02. The molecule has 0 saturated carbocycles. The zero-order valence-electron chi connectivity index (χ0n) is 44.6. The molecule has 3 unspecified atom stereocenters. The first-order valence-corrected chi connectivity index (χ1v) is 28.2. The standard InChI is InChI=1S/C64H76N4O4P/c1-45(2)66(8)73(71-41-19-36-65)70-40-18-16-21-48-29-33-57-55(43-48)63(6,7)61-53-44-52-58(72-59(53)35-38-68(57)61)34-37-67-56-32-28-47(42-54(56)62(4,5)60(52)67)20-15-17-39-69-64(49-22-11-9-12-23-49,50-24-13-10-14-25-50)51-30-26-46(3)27-31-51/h9-14,22-33,42-45,58-59H,15-21,34-35,37-41H2,1-8H3/q+1. The van der Waals surface area contributed by atoms with Crippen molar-refractivity contribution in [1.82, 2.24) is 4.67 Å². The van der Waals surface area contributed by atoms with E-state index in [-0.39, 0.29) is 23.0 Å². The quantitative estimate of drug-likeness (QED) is 0.0333. The number of aryl methyl sites for hydroxylation is 3. The molecule has 3 atom stereocenters. The maximum absolute atomic E-state index is 9.02. The number of unbranched alkanes of at least 4 members (excludes halogenated alkanes) is 2. The Hall–Kier alpha value is -5.23. The van der Waals surface area contributed by atoms with Crippen LogP contribution in [0.3, 0.4) is 0 Å². The van der Waals surface area contributed by atoms with Gasteiger partial charge in [-0.3, -0.25) is 0 Å². The molecule has 0 aliphatic carbocycles. The molecule has 5 aliphatic rings. The van der Waals surface area contributed by atoms with E-state index in [0.717, 1.165) is 81.1 Å². The van der Waals surface area contributed by atoms with E-state index in [1.807, 2.05) is 7.05 Å². The van der Waals surface area contributed by atoms with Crippen LogP contribution < -0.4 is 4.90 Å². The van der Waals surface area contributed by atoms with Gasteiger partial charge < -0.3 is 23.4 Å². The number of hydrogen-bond donors (Lipinski definition) is 0. The molecule has 5 aliphatic heterocycles. The van der Waals surface area contributed by atoms with Crippen molar-refractivity contribution in [3.05, 3.63) is 189 Å². The molecule has 73 heavy (non-hydrogen) atoms. The fourth-order valence-electron chi connectivity index (χ4n) is 12.4. The topological polar surface area (TPSA) is 70.2 Å². The lowest BCUT2D eigenvalue weighted by Crippen LogP contribution is -2.47. The lowest BCUT2D eigenvalue weighted by molar-refractivity contribution is -0.445. The second-order valence-electron chi connectivity index (χ2n) is 22.2. The minimum atomic E-state index is -1.18. The predicted octanol–water partition coefficient (Wildman–Crippen LogP) is 14.1. The second kappa shape index (κ2) is 21.5. The number of rotatable bonds is 20. The van der Waals surface area contributed by atoms with Crippen molar-refractivity contribution in [1.29, 1.82) is 5.26 Å².